The van der Waals surface area contributed by atoms with Crippen LogP contribution in [0.25, 0.3) is 0 Å². The molecule has 0 atom stereocenters. The Kier molecular flexibility index (Phi) is 28.4. The third-order valence-electron chi connectivity index (χ3n) is 5.98. The van der Waals surface area contributed by atoms with Gasteiger partial charge in [0, 0.05) is 18.8 Å². The van der Waals surface area contributed by atoms with Crippen molar-refractivity contribution in [2.24, 2.45) is 0 Å². The molecule has 0 aliphatic carbocycles. The maximum atomic E-state index is 11.4. The van der Waals surface area contributed by atoms with E-state index in [1.54, 1.807) is 0 Å². The van der Waals surface area contributed by atoms with Crippen molar-refractivity contribution in [2.45, 2.75) is 45.4 Å². The van der Waals surface area contributed by atoms with E-state index in [-0.39, 0.29) is 25.0 Å². The van der Waals surface area contributed by atoms with Crippen LogP contribution in [0.3, 0.4) is 0 Å². The predicted octanol–water partition coefficient (Wildman–Crippen LogP) is 2.42. The normalized spacial score (nSPS) is 13.2. The molecule has 12 nitrogen and oxygen atoms in total. The van der Waals surface area contributed by atoms with Crippen molar-refractivity contribution < 1.29 is 52.2 Å². The first kappa shape index (κ1) is 38.5. The lowest BCUT2D eigenvalue weighted by atomic mass is 10.1. The highest BCUT2D eigenvalue weighted by atomic mass is 16.6. The van der Waals surface area contributed by atoms with Crippen LogP contribution in [0.1, 0.15) is 45.4 Å². The van der Waals surface area contributed by atoms with Gasteiger partial charge in [0.1, 0.15) is 0 Å². The van der Waals surface area contributed by atoms with Crippen LogP contribution < -0.4 is 0 Å². The minimum absolute atomic E-state index is 0.245. The van der Waals surface area contributed by atoms with Gasteiger partial charge in [0.2, 0.25) is 0 Å². The Morgan fingerprint density at radius 2 is 0.690 bits per heavy atom. The molecule has 246 valence electrons. The molecule has 12 heteroatoms. The monoisotopic (exact) mass is 605 g/mol. The molecular formula is C30H55NO11. The average molecular weight is 606 g/mol. The van der Waals surface area contributed by atoms with Crippen molar-refractivity contribution in [1.29, 1.82) is 0 Å². The third kappa shape index (κ3) is 25.1. The van der Waals surface area contributed by atoms with Crippen LogP contribution in [0.15, 0.2) is 12.2 Å². The van der Waals surface area contributed by atoms with E-state index in [9.17, 15) is 9.59 Å². The number of imide groups is 1. The first-order valence-electron chi connectivity index (χ1n) is 15.5. The summed E-state index contributed by atoms with van der Waals surface area (Å²) in [5.74, 6) is -0.603. The highest BCUT2D eigenvalue weighted by Gasteiger charge is 2.22. The van der Waals surface area contributed by atoms with Crippen LogP contribution in [0, 0.1) is 0 Å². The number of amides is 2. The minimum atomic E-state index is -0.302. The van der Waals surface area contributed by atoms with Crippen LogP contribution in [0.2, 0.25) is 0 Å². The second-order valence-electron chi connectivity index (χ2n) is 9.44. The zero-order valence-electron chi connectivity index (χ0n) is 25.8. The second kappa shape index (κ2) is 31.0. The Labute approximate surface area is 252 Å². The van der Waals surface area contributed by atoms with E-state index < -0.39 is 0 Å². The van der Waals surface area contributed by atoms with Gasteiger partial charge in [-0.3, -0.25) is 14.5 Å². The number of ether oxygens (including phenoxy) is 9. The highest BCUT2D eigenvalue weighted by molar-refractivity contribution is 6.12. The van der Waals surface area contributed by atoms with Crippen molar-refractivity contribution in [2.75, 3.05) is 125 Å². The van der Waals surface area contributed by atoms with E-state index in [2.05, 4.69) is 6.92 Å². The van der Waals surface area contributed by atoms with E-state index in [1.807, 2.05) is 0 Å². The van der Waals surface area contributed by atoms with Gasteiger partial charge >= 0.3 is 0 Å². The standard InChI is InChI=1S/C30H55NO11/c1-2-3-4-5-6-7-11-34-13-15-36-17-19-38-21-23-40-25-27-42-28-26-41-24-22-39-20-18-37-16-14-35-12-10-31-29(32)8-9-30(31)33/h8-9H,2-7,10-28H2,1H3. The number of carbonyl (C=O) groups excluding carboxylic acids is 2. The molecule has 0 saturated carbocycles. The molecule has 0 bridgehead atoms. The summed E-state index contributed by atoms with van der Waals surface area (Å²) in [4.78, 5) is 23.9. The predicted molar refractivity (Wildman–Crippen MR) is 157 cm³/mol. The first-order chi connectivity index (χ1) is 20.8. The number of hydrogen-bond acceptors (Lipinski definition) is 11. The van der Waals surface area contributed by atoms with Crippen molar-refractivity contribution in [1.82, 2.24) is 4.90 Å². The summed E-state index contributed by atoms with van der Waals surface area (Å²) in [6, 6.07) is 0. The van der Waals surface area contributed by atoms with E-state index in [0.717, 1.165) is 17.9 Å². The lowest BCUT2D eigenvalue weighted by Crippen LogP contribution is -2.33. The highest BCUT2D eigenvalue weighted by Crippen LogP contribution is 2.05. The van der Waals surface area contributed by atoms with Gasteiger partial charge in [0.25, 0.3) is 11.8 Å². The molecule has 0 spiro atoms. The van der Waals surface area contributed by atoms with Crippen LogP contribution in [-0.2, 0) is 52.2 Å². The van der Waals surface area contributed by atoms with Gasteiger partial charge in [-0.1, -0.05) is 39.0 Å². The Hall–Kier alpha value is -1.48. The van der Waals surface area contributed by atoms with Gasteiger partial charge in [0.15, 0.2) is 0 Å². The van der Waals surface area contributed by atoms with Crippen molar-refractivity contribution in [3.63, 3.8) is 0 Å². The van der Waals surface area contributed by atoms with E-state index in [1.165, 1.54) is 44.3 Å². The molecule has 0 aromatic heterocycles. The quantitative estimate of drug-likeness (QED) is 0.0794. The maximum absolute atomic E-state index is 11.4. The zero-order valence-corrected chi connectivity index (χ0v) is 25.8. The minimum Gasteiger partial charge on any atom is -0.379 e. The van der Waals surface area contributed by atoms with Gasteiger partial charge in [-0.2, -0.15) is 0 Å². The molecule has 2 amide bonds. The molecule has 42 heavy (non-hydrogen) atoms. The first-order valence-corrected chi connectivity index (χ1v) is 15.5. The molecular weight excluding hydrogens is 550 g/mol. The summed E-state index contributed by atoms with van der Waals surface area (Å²) in [6.45, 7) is 11.7. The average Bonchev–Trinajstić information content (AvgIpc) is 3.31. The summed E-state index contributed by atoms with van der Waals surface area (Å²) in [5, 5.41) is 0. The molecule has 0 N–H and O–H groups in total. The smallest absolute Gasteiger partial charge is 0.253 e. The molecule has 1 rings (SSSR count). The van der Waals surface area contributed by atoms with Crippen molar-refractivity contribution in [3.05, 3.63) is 12.2 Å². The Morgan fingerprint density at radius 3 is 1.05 bits per heavy atom. The summed E-state index contributed by atoms with van der Waals surface area (Å²) >= 11 is 0. The van der Waals surface area contributed by atoms with Gasteiger partial charge in [0.05, 0.1) is 119 Å². The van der Waals surface area contributed by atoms with Crippen LogP contribution in [0.5, 0.6) is 0 Å². The molecule has 0 saturated heterocycles. The number of hydrogen-bond donors (Lipinski definition) is 0. The summed E-state index contributed by atoms with van der Waals surface area (Å²) in [5.41, 5.74) is 0. The lowest BCUT2D eigenvalue weighted by molar-refractivity contribution is -0.137. The third-order valence-corrected chi connectivity index (χ3v) is 5.98. The van der Waals surface area contributed by atoms with Crippen LogP contribution in [-0.4, -0.2) is 142 Å². The fourth-order valence-electron chi connectivity index (χ4n) is 3.65. The molecule has 0 aromatic rings. The van der Waals surface area contributed by atoms with Gasteiger partial charge in [-0.25, -0.2) is 0 Å². The number of nitrogens with zero attached hydrogens (tertiary/aromatic N) is 1. The fourth-order valence-corrected chi connectivity index (χ4v) is 3.65. The van der Waals surface area contributed by atoms with E-state index >= 15 is 0 Å². The fraction of sp³-hybridized carbons (Fsp3) is 0.867. The number of carbonyl (C=O) groups is 2. The van der Waals surface area contributed by atoms with Crippen molar-refractivity contribution >= 4 is 11.8 Å². The Morgan fingerprint density at radius 1 is 0.405 bits per heavy atom. The summed E-state index contributed by atoms with van der Waals surface area (Å²) < 4.78 is 49.2. The Bertz CT molecular complexity index is 633. The molecule has 1 aliphatic heterocycles. The number of unbranched alkanes of at least 4 members (excludes halogenated alkanes) is 5. The molecule has 1 heterocycles. The molecule has 0 fully saturated rings. The largest absolute Gasteiger partial charge is 0.379 e. The van der Waals surface area contributed by atoms with E-state index in [0.29, 0.717) is 106 Å². The Balaban J connectivity index is 1.63. The SMILES string of the molecule is CCCCCCCCOCCOCCOCCOCCOCCOCCOCCOCCOCCN1C(=O)C=CC1=O. The maximum Gasteiger partial charge on any atom is 0.253 e. The summed E-state index contributed by atoms with van der Waals surface area (Å²) in [7, 11) is 0. The van der Waals surface area contributed by atoms with Gasteiger partial charge in [-0.15, -0.1) is 0 Å². The molecule has 1 aliphatic rings. The van der Waals surface area contributed by atoms with Gasteiger partial charge in [-0.05, 0) is 6.42 Å². The zero-order chi connectivity index (χ0) is 30.2. The van der Waals surface area contributed by atoms with Gasteiger partial charge < -0.3 is 42.6 Å². The number of rotatable bonds is 34. The van der Waals surface area contributed by atoms with Crippen LogP contribution in [0.4, 0.5) is 0 Å². The molecule has 0 radical (unpaired) electrons. The summed E-state index contributed by atoms with van der Waals surface area (Å²) in [6.07, 6.45) is 10.2. The topological polar surface area (TPSA) is 120 Å². The lowest BCUT2D eigenvalue weighted by Gasteiger charge is -2.13. The van der Waals surface area contributed by atoms with Crippen molar-refractivity contribution in [3.8, 4) is 0 Å². The molecule has 0 unspecified atom stereocenters. The second-order valence-corrected chi connectivity index (χ2v) is 9.44. The van der Waals surface area contributed by atoms with Crippen LogP contribution >= 0.6 is 0 Å². The van der Waals surface area contributed by atoms with E-state index in [4.69, 9.17) is 42.6 Å². The molecule has 0 aromatic carbocycles.